The number of hydrogen-bond donors (Lipinski definition) is 2. The number of fused-ring (bicyclic) bond motifs is 1. The summed E-state index contributed by atoms with van der Waals surface area (Å²) in [6, 6.07) is 7.85. The SMILES string of the molecule is CC(C)(C)CC(OCCCC(O)C(O)CCCOc1ccc2cc(-c3cnccc3OC(F)(F)F)oc2c1)C(C)(C)C. The van der Waals surface area contributed by atoms with Gasteiger partial charge in [-0.2, -0.15) is 0 Å². The van der Waals surface area contributed by atoms with Crippen LogP contribution in [0.15, 0.2) is 47.1 Å². The molecule has 2 heterocycles. The number of furan rings is 1. The Kier molecular flexibility index (Phi) is 11.3. The number of aliphatic hydroxyl groups excluding tert-OH is 2. The van der Waals surface area contributed by atoms with Gasteiger partial charge in [-0.3, -0.25) is 4.98 Å². The maximum absolute atomic E-state index is 12.8. The largest absolute Gasteiger partial charge is 0.573 e. The van der Waals surface area contributed by atoms with Crippen LogP contribution in [-0.4, -0.2) is 53.1 Å². The number of aliphatic hydroxyl groups is 2. The summed E-state index contributed by atoms with van der Waals surface area (Å²) in [6.45, 7) is 13.9. The fourth-order valence-corrected chi connectivity index (χ4v) is 4.57. The minimum absolute atomic E-state index is 0.0175. The van der Waals surface area contributed by atoms with Crippen molar-refractivity contribution in [3.8, 4) is 22.8 Å². The van der Waals surface area contributed by atoms with Crippen LogP contribution in [0.25, 0.3) is 22.3 Å². The minimum Gasteiger partial charge on any atom is -0.493 e. The zero-order chi connectivity index (χ0) is 31.1. The molecule has 0 spiro atoms. The van der Waals surface area contributed by atoms with E-state index in [2.05, 4.69) is 51.3 Å². The minimum atomic E-state index is -4.84. The molecule has 7 nitrogen and oxygen atoms in total. The first kappa shape index (κ1) is 33.7. The highest BCUT2D eigenvalue weighted by molar-refractivity contribution is 5.84. The van der Waals surface area contributed by atoms with E-state index in [1.807, 2.05) is 0 Å². The van der Waals surface area contributed by atoms with Gasteiger partial charge >= 0.3 is 6.36 Å². The highest BCUT2D eigenvalue weighted by Crippen LogP contribution is 2.37. The fraction of sp³-hybridized carbons (Fsp3) is 0.594. The average Bonchev–Trinajstić information content (AvgIpc) is 3.29. The molecule has 0 aliphatic carbocycles. The molecule has 0 fully saturated rings. The van der Waals surface area contributed by atoms with Crippen molar-refractivity contribution in [1.29, 1.82) is 0 Å². The second-order valence-electron chi connectivity index (χ2n) is 13.0. The number of benzene rings is 1. The smallest absolute Gasteiger partial charge is 0.493 e. The molecule has 0 saturated heterocycles. The van der Waals surface area contributed by atoms with Crippen molar-refractivity contribution in [1.82, 2.24) is 4.98 Å². The number of hydrogen-bond acceptors (Lipinski definition) is 7. The van der Waals surface area contributed by atoms with Crippen molar-refractivity contribution < 1.29 is 42.0 Å². The topological polar surface area (TPSA) is 94.2 Å². The molecule has 0 aliphatic rings. The number of ether oxygens (including phenoxy) is 3. The number of nitrogens with zero attached hydrogens (tertiary/aromatic N) is 1. The van der Waals surface area contributed by atoms with Crippen molar-refractivity contribution in [3.05, 3.63) is 42.7 Å². The lowest BCUT2D eigenvalue weighted by Gasteiger charge is -2.35. The van der Waals surface area contributed by atoms with Gasteiger partial charge in [0.2, 0.25) is 0 Å². The lowest BCUT2D eigenvalue weighted by molar-refractivity contribution is -0.274. The molecule has 3 aromatic rings. The summed E-state index contributed by atoms with van der Waals surface area (Å²) in [5, 5.41) is 21.5. The Balaban J connectivity index is 1.44. The molecular formula is C32H44F3NO6. The van der Waals surface area contributed by atoms with Gasteiger partial charge in [0.05, 0.1) is 30.5 Å². The number of pyridine rings is 1. The summed E-state index contributed by atoms with van der Waals surface area (Å²) in [7, 11) is 0. The average molecular weight is 596 g/mol. The van der Waals surface area contributed by atoms with Crippen molar-refractivity contribution in [2.45, 2.75) is 98.3 Å². The van der Waals surface area contributed by atoms with E-state index in [4.69, 9.17) is 13.9 Å². The fourth-order valence-electron chi connectivity index (χ4n) is 4.57. The van der Waals surface area contributed by atoms with E-state index in [1.54, 1.807) is 24.3 Å². The predicted octanol–water partition coefficient (Wildman–Crippen LogP) is 7.92. The van der Waals surface area contributed by atoms with Gasteiger partial charge in [0.1, 0.15) is 22.8 Å². The van der Waals surface area contributed by atoms with Gasteiger partial charge in [0.15, 0.2) is 0 Å². The molecule has 0 saturated carbocycles. The van der Waals surface area contributed by atoms with Crippen LogP contribution < -0.4 is 9.47 Å². The van der Waals surface area contributed by atoms with Crippen LogP contribution in [0.3, 0.4) is 0 Å². The van der Waals surface area contributed by atoms with Crippen LogP contribution in [0.4, 0.5) is 13.2 Å². The molecule has 3 rings (SSSR count). The monoisotopic (exact) mass is 595 g/mol. The molecule has 3 atom stereocenters. The highest BCUT2D eigenvalue weighted by Gasteiger charge is 2.33. The highest BCUT2D eigenvalue weighted by atomic mass is 19.4. The summed E-state index contributed by atoms with van der Waals surface area (Å²) >= 11 is 0. The molecule has 10 heteroatoms. The third kappa shape index (κ3) is 10.8. The number of rotatable bonds is 14. The first-order valence-electron chi connectivity index (χ1n) is 14.4. The molecule has 0 aliphatic heterocycles. The van der Waals surface area contributed by atoms with Crippen LogP contribution in [0.1, 0.15) is 73.6 Å². The second kappa shape index (κ2) is 14.1. The Morgan fingerprint density at radius 1 is 0.905 bits per heavy atom. The molecule has 2 N–H and O–H groups in total. The van der Waals surface area contributed by atoms with Crippen LogP contribution in [0.5, 0.6) is 11.5 Å². The Hall–Kier alpha value is -2.82. The zero-order valence-corrected chi connectivity index (χ0v) is 25.3. The van der Waals surface area contributed by atoms with Gasteiger partial charge in [0, 0.05) is 30.5 Å². The third-order valence-corrected chi connectivity index (χ3v) is 6.85. The molecule has 2 aromatic heterocycles. The molecule has 234 valence electrons. The van der Waals surface area contributed by atoms with E-state index < -0.39 is 24.3 Å². The van der Waals surface area contributed by atoms with Crippen LogP contribution in [0, 0.1) is 10.8 Å². The summed E-state index contributed by atoms with van der Waals surface area (Å²) in [4.78, 5) is 3.89. The van der Waals surface area contributed by atoms with E-state index >= 15 is 0 Å². The predicted molar refractivity (Wildman–Crippen MR) is 155 cm³/mol. The summed E-state index contributed by atoms with van der Waals surface area (Å²) in [5.74, 6) is 0.285. The van der Waals surface area contributed by atoms with Gasteiger partial charge in [-0.05, 0) is 67.2 Å². The quantitative estimate of drug-likeness (QED) is 0.183. The van der Waals surface area contributed by atoms with Crippen molar-refractivity contribution >= 4 is 11.0 Å². The van der Waals surface area contributed by atoms with Crippen molar-refractivity contribution in [2.24, 2.45) is 10.8 Å². The lowest BCUT2D eigenvalue weighted by atomic mass is 9.78. The zero-order valence-electron chi connectivity index (χ0n) is 25.3. The lowest BCUT2D eigenvalue weighted by Crippen LogP contribution is -2.34. The molecule has 0 amide bonds. The van der Waals surface area contributed by atoms with Gasteiger partial charge in [-0.1, -0.05) is 41.5 Å². The van der Waals surface area contributed by atoms with E-state index in [9.17, 15) is 23.4 Å². The van der Waals surface area contributed by atoms with E-state index in [1.165, 1.54) is 12.4 Å². The van der Waals surface area contributed by atoms with Crippen LogP contribution >= 0.6 is 0 Å². The van der Waals surface area contributed by atoms with E-state index in [0.29, 0.717) is 55.6 Å². The Morgan fingerprint density at radius 2 is 1.57 bits per heavy atom. The standard InChI is InChI=1S/C32H44F3NO6/c1-30(2,3)19-29(31(4,5)6)40-16-8-10-25(38)24(37)9-7-15-39-22-12-11-21-17-28(41-27(21)18-22)23-20-36-14-13-26(23)42-32(33,34)35/h11-14,17-18,20,24-25,29,37-38H,7-10,15-16,19H2,1-6H3. The summed E-state index contributed by atoms with van der Waals surface area (Å²) in [6.07, 6.45) is -1.07. The molecular weight excluding hydrogens is 551 g/mol. The Bertz CT molecular complexity index is 1260. The van der Waals surface area contributed by atoms with E-state index in [-0.39, 0.29) is 28.3 Å². The Morgan fingerprint density at radius 3 is 2.19 bits per heavy atom. The maximum Gasteiger partial charge on any atom is 0.573 e. The maximum atomic E-state index is 12.8. The molecule has 0 bridgehead atoms. The number of halogens is 3. The number of alkyl halides is 3. The first-order valence-corrected chi connectivity index (χ1v) is 14.4. The first-order chi connectivity index (χ1) is 19.5. The normalized spacial score (nSPS) is 15.0. The van der Waals surface area contributed by atoms with Crippen molar-refractivity contribution in [2.75, 3.05) is 13.2 Å². The number of aromatic nitrogens is 1. The molecule has 0 radical (unpaired) electrons. The van der Waals surface area contributed by atoms with Gasteiger partial charge in [-0.25, -0.2) is 0 Å². The summed E-state index contributed by atoms with van der Waals surface area (Å²) in [5.41, 5.74) is 0.676. The van der Waals surface area contributed by atoms with Crippen LogP contribution in [-0.2, 0) is 4.74 Å². The van der Waals surface area contributed by atoms with Gasteiger partial charge in [-0.15, -0.1) is 13.2 Å². The van der Waals surface area contributed by atoms with Gasteiger partial charge in [0.25, 0.3) is 0 Å². The summed E-state index contributed by atoms with van der Waals surface area (Å²) < 4.78 is 60.2. The molecule has 3 unspecified atom stereocenters. The third-order valence-electron chi connectivity index (χ3n) is 6.85. The second-order valence-corrected chi connectivity index (χ2v) is 13.0. The van der Waals surface area contributed by atoms with Gasteiger partial charge < -0.3 is 28.8 Å². The molecule has 42 heavy (non-hydrogen) atoms. The van der Waals surface area contributed by atoms with E-state index in [0.717, 1.165) is 12.5 Å². The van der Waals surface area contributed by atoms with Crippen molar-refractivity contribution in [3.63, 3.8) is 0 Å². The molecule has 1 aromatic carbocycles. The van der Waals surface area contributed by atoms with Crippen LogP contribution in [0.2, 0.25) is 0 Å². The Labute approximate surface area is 246 Å².